The molecule has 1 fully saturated rings. The van der Waals surface area contributed by atoms with E-state index in [2.05, 4.69) is 22.0 Å². The van der Waals surface area contributed by atoms with Crippen molar-refractivity contribution in [3.8, 4) is 0 Å². The van der Waals surface area contributed by atoms with Crippen molar-refractivity contribution in [1.29, 1.82) is 0 Å². The van der Waals surface area contributed by atoms with Crippen LogP contribution in [0, 0.1) is 11.7 Å². The summed E-state index contributed by atoms with van der Waals surface area (Å²) in [5, 5.41) is 25.4. The Balaban J connectivity index is 0.000000427. The van der Waals surface area contributed by atoms with Gasteiger partial charge in [-0.15, -0.1) is 0 Å². The van der Waals surface area contributed by atoms with Crippen LogP contribution in [0.5, 0.6) is 0 Å². The minimum atomic E-state index is -1.82. The fourth-order valence-corrected chi connectivity index (χ4v) is 4.33. The number of piperidine rings is 1. The van der Waals surface area contributed by atoms with Gasteiger partial charge in [0, 0.05) is 30.1 Å². The molecule has 2 unspecified atom stereocenters. The van der Waals surface area contributed by atoms with E-state index in [0.717, 1.165) is 38.5 Å². The van der Waals surface area contributed by atoms with Crippen molar-refractivity contribution in [3.63, 3.8) is 0 Å². The molecule has 0 bridgehead atoms. The molecule has 9 heteroatoms. The number of carboxylic acids is 2. The Labute approximate surface area is 184 Å². The number of carbonyl (C=O) groups excluding carboxylic acids is 1. The number of likely N-dealkylation sites (tertiary alicyclic amines) is 1. The molecule has 0 radical (unpaired) electrons. The molecule has 1 aromatic carbocycles. The molecule has 2 aromatic rings. The summed E-state index contributed by atoms with van der Waals surface area (Å²) in [5.41, 5.74) is 2.90. The van der Waals surface area contributed by atoms with Crippen LogP contribution in [-0.2, 0) is 22.4 Å². The Bertz CT molecular complexity index is 978. The minimum Gasteiger partial charge on any atom is -0.473 e. The summed E-state index contributed by atoms with van der Waals surface area (Å²) in [5.74, 6) is -4.24. The van der Waals surface area contributed by atoms with Gasteiger partial charge < -0.3 is 15.3 Å². The number of aliphatic carboxylic acids is 2. The van der Waals surface area contributed by atoms with Crippen molar-refractivity contribution in [3.05, 3.63) is 65.2 Å². The number of aliphatic hydroxyl groups is 1. The lowest BCUT2D eigenvalue weighted by Crippen LogP contribution is -2.51. The number of benzene rings is 1. The highest BCUT2D eigenvalue weighted by molar-refractivity contribution is 6.27. The zero-order valence-corrected chi connectivity index (χ0v) is 17.4. The Morgan fingerprint density at radius 3 is 2.12 bits per heavy atom. The minimum absolute atomic E-state index is 0.0220. The van der Waals surface area contributed by atoms with Crippen LogP contribution in [0.1, 0.15) is 34.3 Å². The number of aliphatic hydroxyl groups excluding tert-OH is 1. The standard InChI is InChI=1S/C21H23FN2O2.C2H2O4/c22-18-9-17(12-23-13-18)21(26)14-5-7-24(8-6-14)19-10-15-3-1-2-4-16(15)11-20(19)25;3-1(4)2(5)6/h1-4,9,12-14,19-20,25H,5-8,10-11H2;(H,3,4)(H,5,6). The molecule has 8 nitrogen and oxygen atoms in total. The highest BCUT2D eigenvalue weighted by Crippen LogP contribution is 2.29. The number of Topliss-reactive ketones (excluding diaryl/α,β-unsaturated/α-hetero) is 1. The monoisotopic (exact) mass is 444 g/mol. The zero-order valence-electron chi connectivity index (χ0n) is 17.4. The third-order valence-corrected chi connectivity index (χ3v) is 5.96. The number of hydrogen-bond donors (Lipinski definition) is 3. The van der Waals surface area contributed by atoms with E-state index in [0.29, 0.717) is 12.0 Å². The molecule has 32 heavy (non-hydrogen) atoms. The fourth-order valence-electron chi connectivity index (χ4n) is 4.33. The third-order valence-electron chi connectivity index (χ3n) is 5.96. The molecule has 1 aliphatic heterocycles. The molecule has 3 N–H and O–H groups in total. The second kappa shape index (κ2) is 10.4. The van der Waals surface area contributed by atoms with E-state index in [4.69, 9.17) is 19.8 Å². The first kappa shape index (κ1) is 23.5. The third kappa shape index (κ3) is 5.74. The summed E-state index contributed by atoms with van der Waals surface area (Å²) in [7, 11) is 0. The molecule has 1 aromatic heterocycles. The van der Waals surface area contributed by atoms with Gasteiger partial charge in [0.15, 0.2) is 5.78 Å². The molecule has 2 heterocycles. The van der Waals surface area contributed by atoms with Crippen molar-refractivity contribution >= 4 is 17.7 Å². The first-order valence-electron chi connectivity index (χ1n) is 10.4. The highest BCUT2D eigenvalue weighted by atomic mass is 19.1. The van der Waals surface area contributed by atoms with Gasteiger partial charge in [0.05, 0.1) is 12.3 Å². The van der Waals surface area contributed by atoms with E-state index in [1.165, 1.54) is 23.4 Å². The summed E-state index contributed by atoms with van der Waals surface area (Å²) < 4.78 is 13.3. The van der Waals surface area contributed by atoms with Gasteiger partial charge in [0.2, 0.25) is 0 Å². The van der Waals surface area contributed by atoms with E-state index < -0.39 is 17.8 Å². The summed E-state index contributed by atoms with van der Waals surface area (Å²) in [4.78, 5) is 36.9. The highest BCUT2D eigenvalue weighted by Gasteiger charge is 2.35. The van der Waals surface area contributed by atoms with E-state index >= 15 is 0 Å². The molecular formula is C23H25FN2O6. The maximum atomic E-state index is 13.3. The van der Waals surface area contributed by atoms with Crippen LogP contribution in [0.2, 0.25) is 0 Å². The Morgan fingerprint density at radius 1 is 0.969 bits per heavy atom. The number of rotatable bonds is 3. The van der Waals surface area contributed by atoms with Crippen molar-refractivity contribution in [2.45, 2.75) is 37.8 Å². The van der Waals surface area contributed by atoms with Crippen LogP contribution >= 0.6 is 0 Å². The van der Waals surface area contributed by atoms with Crippen molar-refractivity contribution in [2.24, 2.45) is 5.92 Å². The zero-order chi connectivity index (χ0) is 23.3. The molecule has 2 aliphatic rings. The molecule has 1 saturated heterocycles. The van der Waals surface area contributed by atoms with Gasteiger partial charge in [-0.2, -0.15) is 0 Å². The molecule has 2 atom stereocenters. The second-order valence-electron chi connectivity index (χ2n) is 7.99. The normalized spacial score (nSPS) is 21.1. The second-order valence-corrected chi connectivity index (χ2v) is 7.99. The fraction of sp³-hybridized carbons (Fsp3) is 0.391. The Kier molecular flexibility index (Phi) is 7.66. The SMILES string of the molecule is O=C(O)C(=O)O.O=C(c1cncc(F)c1)C1CCN(C2Cc3ccccc3CC2O)CC1. The van der Waals surface area contributed by atoms with Gasteiger partial charge >= 0.3 is 11.9 Å². The predicted octanol–water partition coefficient (Wildman–Crippen LogP) is 1.80. The molecule has 1 aliphatic carbocycles. The maximum absolute atomic E-state index is 13.3. The Morgan fingerprint density at radius 2 is 1.56 bits per heavy atom. The average Bonchev–Trinajstić information content (AvgIpc) is 2.78. The first-order valence-corrected chi connectivity index (χ1v) is 10.4. The molecule has 0 saturated carbocycles. The molecule has 170 valence electrons. The first-order chi connectivity index (χ1) is 15.3. The van der Waals surface area contributed by atoms with Gasteiger partial charge in [0.25, 0.3) is 0 Å². The summed E-state index contributed by atoms with van der Waals surface area (Å²) in [6.07, 6.45) is 5.20. The number of nitrogens with zero attached hydrogens (tertiary/aromatic N) is 2. The lowest BCUT2D eigenvalue weighted by molar-refractivity contribution is -0.159. The van der Waals surface area contributed by atoms with Crippen LogP contribution in [0.25, 0.3) is 0 Å². The van der Waals surface area contributed by atoms with Crippen LogP contribution in [-0.4, -0.2) is 68.2 Å². The largest absolute Gasteiger partial charge is 0.473 e. The number of halogens is 1. The van der Waals surface area contributed by atoms with Crippen LogP contribution in [0.4, 0.5) is 4.39 Å². The van der Waals surface area contributed by atoms with Gasteiger partial charge in [-0.1, -0.05) is 24.3 Å². The van der Waals surface area contributed by atoms with Gasteiger partial charge in [0.1, 0.15) is 5.82 Å². The number of hydrogen-bond acceptors (Lipinski definition) is 6. The van der Waals surface area contributed by atoms with E-state index in [1.807, 2.05) is 12.1 Å². The maximum Gasteiger partial charge on any atom is 0.414 e. The summed E-state index contributed by atoms with van der Waals surface area (Å²) in [6, 6.07) is 9.67. The van der Waals surface area contributed by atoms with Gasteiger partial charge in [-0.25, -0.2) is 14.0 Å². The smallest absolute Gasteiger partial charge is 0.414 e. The molecule has 0 amide bonds. The van der Waals surface area contributed by atoms with Crippen LogP contribution < -0.4 is 0 Å². The van der Waals surface area contributed by atoms with Crippen molar-refractivity contribution < 1.29 is 34.1 Å². The Hall–Kier alpha value is -3.17. The van der Waals surface area contributed by atoms with Gasteiger partial charge in [-0.3, -0.25) is 14.7 Å². The van der Waals surface area contributed by atoms with Crippen molar-refractivity contribution in [2.75, 3.05) is 13.1 Å². The topological polar surface area (TPSA) is 128 Å². The summed E-state index contributed by atoms with van der Waals surface area (Å²) in [6.45, 7) is 1.56. The molecule has 4 rings (SSSR count). The quantitative estimate of drug-likeness (QED) is 0.483. The number of carbonyl (C=O) groups is 3. The van der Waals surface area contributed by atoms with E-state index in [1.54, 1.807) is 0 Å². The van der Waals surface area contributed by atoms with Gasteiger partial charge in [-0.05, 0) is 49.5 Å². The lowest BCUT2D eigenvalue weighted by Gasteiger charge is -2.41. The average molecular weight is 444 g/mol. The van der Waals surface area contributed by atoms with Crippen LogP contribution in [0.15, 0.2) is 42.7 Å². The van der Waals surface area contributed by atoms with E-state index in [9.17, 15) is 14.3 Å². The molecular weight excluding hydrogens is 419 g/mol. The van der Waals surface area contributed by atoms with Crippen molar-refractivity contribution in [1.82, 2.24) is 9.88 Å². The molecule has 0 spiro atoms. The number of pyridine rings is 1. The number of aromatic nitrogens is 1. The van der Waals surface area contributed by atoms with E-state index in [-0.39, 0.29) is 23.8 Å². The van der Waals surface area contributed by atoms with Crippen LogP contribution in [0.3, 0.4) is 0 Å². The number of fused-ring (bicyclic) bond motifs is 1. The predicted molar refractivity (Wildman–Crippen MR) is 112 cm³/mol. The lowest BCUT2D eigenvalue weighted by atomic mass is 9.83. The summed E-state index contributed by atoms with van der Waals surface area (Å²) >= 11 is 0. The number of carboxylic acid groups (broad SMARTS) is 2. The number of ketones is 1.